The molecule has 3 unspecified atom stereocenters. The summed E-state index contributed by atoms with van der Waals surface area (Å²) in [5, 5.41) is 0. The van der Waals surface area contributed by atoms with Crippen LogP contribution in [0.25, 0.3) is 0 Å². The molecule has 0 aliphatic heterocycles. The Morgan fingerprint density at radius 3 is 0.723 bits per heavy atom. The van der Waals surface area contributed by atoms with Gasteiger partial charge in [-0.1, -0.05) is 279 Å². The fraction of sp³-hybridized carbons (Fsp3) is 1.00. The molecule has 0 heterocycles. The summed E-state index contributed by atoms with van der Waals surface area (Å²) >= 11 is 0. The molecule has 0 N–H and O–H groups in total. The van der Waals surface area contributed by atoms with E-state index in [-0.39, 0.29) is 0 Å². The first-order chi connectivity index (χ1) is 23.2. The minimum absolute atomic E-state index is 0.936. The summed E-state index contributed by atoms with van der Waals surface area (Å²) in [6, 6.07) is 0. The second-order valence-electron chi connectivity index (χ2n) is 16.5. The molecule has 0 rings (SSSR count). The van der Waals surface area contributed by atoms with Crippen molar-refractivity contribution in [2.75, 3.05) is 0 Å². The van der Waals surface area contributed by atoms with Gasteiger partial charge in [-0.15, -0.1) is 0 Å². The Kier molecular flexibility index (Phi) is 40.4. The average molecular weight is 661 g/mol. The van der Waals surface area contributed by atoms with Crippen molar-refractivity contribution in [2.45, 2.75) is 285 Å². The fourth-order valence-electron chi connectivity index (χ4n) is 8.50. The monoisotopic (exact) mass is 661 g/mol. The van der Waals surface area contributed by atoms with Crippen LogP contribution in [0.3, 0.4) is 0 Å². The second-order valence-corrected chi connectivity index (χ2v) is 16.5. The van der Waals surface area contributed by atoms with Gasteiger partial charge in [-0.25, -0.2) is 0 Å². The maximum atomic E-state index is 2.69. The van der Waals surface area contributed by atoms with Crippen LogP contribution < -0.4 is 0 Å². The van der Waals surface area contributed by atoms with Crippen LogP contribution in [0.4, 0.5) is 0 Å². The first-order valence-electron chi connectivity index (χ1n) is 23.2. The highest BCUT2D eigenvalue weighted by molar-refractivity contribution is 4.77. The molecule has 47 heavy (non-hydrogen) atoms. The number of hydrogen-bond acceptors (Lipinski definition) is 0. The quantitative estimate of drug-likeness (QED) is 0.0572. The average Bonchev–Trinajstić information content (AvgIpc) is 3.08. The molecular formula is C47H96. The second kappa shape index (κ2) is 40.4. The molecule has 284 valence electrons. The van der Waals surface area contributed by atoms with Gasteiger partial charge in [0.25, 0.3) is 0 Å². The van der Waals surface area contributed by atoms with Crippen LogP contribution in [0.2, 0.25) is 0 Å². The molecule has 0 fully saturated rings. The van der Waals surface area contributed by atoms with Gasteiger partial charge >= 0.3 is 0 Å². The van der Waals surface area contributed by atoms with Gasteiger partial charge in [0.15, 0.2) is 0 Å². The molecule has 0 heteroatoms. The van der Waals surface area contributed by atoms with Crippen LogP contribution in [0.1, 0.15) is 285 Å². The summed E-state index contributed by atoms with van der Waals surface area (Å²) in [5.41, 5.74) is 0. The molecule has 0 saturated carbocycles. The molecule has 3 atom stereocenters. The van der Waals surface area contributed by atoms with E-state index in [1.54, 1.807) is 0 Å². The molecule has 0 nitrogen and oxygen atoms in total. The maximum Gasteiger partial charge on any atom is -0.0360 e. The Morgan fingerprint density at radius 2 is 0.447 bits per heavy atom. The molecule has 0 spiro atoms. The van der Waals surface area contributed by atoms with E-state index >= 15 is 0 Å². The standard InChI is InChI=1S/C47H96/c1-6-10-14-18-22-26-27-28-31-35-39-43-46(42-38-34-30-24-20-16-12-8-3)47(44-40-36-32-25-21-17-13-9-4)45(5)41-37-33-29-23-19-15-11-7-2/h45-47H,6-44H2,1-5H3. The maximum absolute atomic E-state index is 2.69. The largest absolute Gasteiger partial charge is 0.0654 e. The zero-order chi connectivity index (χ0) is 34.3. The summed E-state index contributed by atoms with van der Waals surface area (Å²) in [6.07, 6.45) is 57.5. The normalized spacial score (nSPS) is 13.7. The van der Waals surface area contributed by atoms with Crippen LogP contribution in [-0.4, -0.2) is 0 Å². The minimum Gasteiger partial charge on any atom is -0.0654 e. The highest BCUT2D eigenvalue weighted by Gasteiger charge is 2.26. The van der Waals surface area contributed by atoms with Gasteiger partial charge in [0.05, 0.1) is 0 Å². The third-order valence-corrected chi connectivity index (χ3v) is 11.8. The van der Waals surface area contributed by atoms with Crippen LogP contribution in [0, 0.1) is 17.8 Å². The highest BCUT2D eigenvalue weighted by atomic mass is 14.3. The van der Waals surface area contributed by atoms with E-state index in [1.165, 1.54) is 250 Å². The van der Waals surface area contributed by atoms with Crippen LogP contribution >= 0.6 is 0 Å². The van der Waals surface area contributed by atoms with Crippen molar-refractivity contribution in [3.63, 3.8) is 0 Å². The lowest BCUT2D eigenvalue weighted by atomic mass is 9.73. The van der Waals surface area contributed by atoms with Crippen molar-refractivity contribution in [2.24, 2.45) is 17.8 Å². The van der Waals surface area contributed by atoms with E-state index in [1.807, 2.05) is 0 Å². The SMILES string of the molecule is CCCCCCCCCCCCCC(CCCCCCCCCC)C(CCCCCCCCCC)C(C)CCCCCCCCCC. The molecule has 0 aliphatic rings. The summed E-state index contributed by atoms with van der Waals surface area (Å²) in [6.45, 7) is 12.0. The Bertz CT molecular complexity index is 536. The summed E-state index contributed by atoms with van der Waals surface area (Å²) in [5.74, 6) is 2.93. The van der Waals surface area contributed by atoms with E-state index in [2.05, 4.69) is 34.6 Å². The third-order valence-electron chi connectivity index (χ3n) is 11.8. The molecule has 0 amide bonds. The molecule has 0 aromatic heterocycles. The lowest BCUT2D eigenvalue weighted by molar-refractivity contribution is 0.177. The summed E-state index contributed by atoms with van der Waals surface area (Å²) in [7, 11) is 0. The van der Waals surface area contributed by atoms with E-state index in [0.29, 0.717) is 0 Å². The zero-order valence-electron chi connectivity index (χ0n) is 34.3. The molecule has 0 bridgehead atoms. The number of unbranched alkanes of at least 4 members (excludes halogenated alkanes) is 31. The highest BCUT2D eigenvalue weighted by Crippen LogP contribution is 2.37. The molecule has 0 aliphatic carbocycles. The van der Waals surface area contributed by atoms with E-state index in [9.17, 15) is 0 Å². The van der Waals surface area contributed by atoms with Crippen molar-refractivity contribution in [1.29, 1.82) is 0 Å². The topological polar surface area (TPSA) is 0 Å². The minimum atomic E-state index is 0.936. The predicted molar refractivity (Wildman–Crippen MR) is 219 cm³/mol. The van der Waals surface area contributed by atoms with Gasteiger partial charge in [-0.2, -0.15) is 0 Å². The molecule has 0 saturated heterocycles. The summed E-state index contributed by atoms with van der Waals surface area (Å²) in [4.78, 5) is 0. The molecule has 0 aromatic carbocycles. The first-order valence-corrected chi connectivity index (χ1v) is 23.2. The smallest absolute Gasteiger partial charge is 0.0360 e. The van der Waals surface area contributed by atoms with E-state index in [4.69, 9.17) is 0 Å². The Balaban J connectivity index is 4.92. The Labute approximate surface area is 302 Å². The van der Waals surface area contributed by atoms with Gasteiger partial charge in [0.2, 0.25) is 0 Å². The van der Waals surface area contributed by atoms with Crippen molar-refractivity contribution >= 4 is 0 Å². The number of rotatable bonds is 41. The number of hydrogen-bond donors (Lipinski definition) is 0. The van der Waals surface area contributed by atoms with Crippen LogP contribution in [-0.2, 0) is 0 Å². The lowest BCUT2D eigenvalue weighted by Crippen LogP contribution is -2.23. The first kappa shape index (κ1) is 47.0. The van der Waals surface area contributed by atoms with Crippen molar-refractivity contribution in [3.05, 3.63) is 0 Å². The van der Waals surface area contributed by atoms with Crippen molar-refractivity contribution < 1.29 is 0 Å². The van der Waals surface area contributed by atoms with Gasteiger partial charge < -0.3 is 0 Å². The molecule has 0 aromatic rings. The predicted octanol–water partition coefficient (Wildman–Crippen LogP) is 18.1. The zero-order valence-corrected chi connectivity index (χ0v) is 34.3. The van der Waals surface area contributed by atoms with Gasteiger partial charge in [-0.05, 0) is 24.2 Å². The Morgan fingerprint density at radius 1 is 0.234 bits per heavy atom. The molecular weight excluding hydrogens is 565 g/mol. The van der Waals surface area contributed by atoms with Gasteiger partial charge in [0, 0.05) is 0 Å². The van der Waals surface area contributed by atoms with Crippen LogP contribution in [0.5, 0.6) is 0 Å². The van der Waals surface area contributed by atoms with Crippen LogP contribution in [0.15, 0.2) is 0 Å². The Hall–Kier alpha value is 0. The van der Waals surface area contributed by atoms with E-state index in [0.717, 1.165) is 17.8 Å². The summed E-state index contributed by atoms with van der Waals surface area (Å²) < 4.78 is 0. The van der Waals surface area contributed by atoms with Crippen molar-refractivity contribution in [1.82, 2.24) is 0 Å². The van der Waals surface area contributed by atoms with Gasteiger partial charge in [-0.3, -0.25) is 0 Å². The molecule has 0 radical (unpaired) electrons. The van der Waals surface area contributed by atoms with Crippen molar-refractivity contribution in [3.8, 4) is 0 Å². The van der Waals surface area contributed by atoms with E-state index < -0.39 is 0 Å². The third kappa shape index (κ3) is 34.2. The fourth-order valence-corrected chi connectivity index (χ4v) is 8.50. The van der Waals surface area contributed by atoms with Gasteiger partial charge in [0.1, 0.15) is 0 Å². The lowest BCUT2D eigenvalue weighted by Gasteiger charge is -2.33.